The van der Waals surface area contributed by atoms with Crippen molar-refractivity contribution in [2.45, 2.75) is 53.4 Å². The van der Waals surface area contributed by atoms with Crippen molar-refractivity contribution in [3.05, 3.63) is 34.4 Å². The van der Waals surface area contributed by atoms with E-state index in [2.05, 4.69) is 39.8 Å². The number of rotatable bonds is 4. The van der Waals surface area contributed by atoms with Gasteiger partial charge in [0.2, 0.25) is 0 Å². The largest absolute Gasteiger partial charge is 0.300 e. The summed E-state index contributed by atoms with van der Waals surface area (Å²) >= 11 is 0. The maximum Gasteiger partial charge on any atom is 0.130 e. The molecule has 1 aromatic rings. The zero-order chi connectivity index (χ0) is 12.3. The standard InChI is InChI=1S/C15H22O/c1-6-14(9-12(4)16)15-7-10(2)13(5)11(3)8-15/h7-8,14H,6,9H2,1-5H3. The number of carbonyl (C=O) groups excluding carboxylic acids is 1. The van der Waals surface area contributed by atoms with Crippen molar-refractivity contribution >= 4 is 5.78 Å². The van der Waals surface area contributed by atoms with Gasteiger partial charge in [-0.25, -0.2) is 0 Å². The fourth-order valence-electron chi connectivity index (χ4n) is 2.15. The van der Waals surface area contributed by atoms with Crippen LogP contribution in [0.4, 0.5) is 0 Å². The molecule has 1 heteroatoms. The van der Waals surface area contributed by atoms with Crippen LogP contribution in [0, 0.1) is 20.8 Å². The number of benzene rings is 1. The van der Waals surface area contributed by atoms with E-state index in [1.54, 1.807) is 6.92 Å². The molecule has 88 valence electrons. The van der Waals surface area contributed by atoms with Crippen molar-refractivity contribution in [3.8, 4) is 0 Å². The third kappa shape index (κ3) is 2.94. The fraction of sp³-hybridized carbons (Fsp3) is 0.533. The smallest absolute Gasteiger partial charge is 0.130 e. The van der Waals surface area contributed by atoms with E-state index in [4.69, 9.17) is 0 Å². The van der Waals surface area contributed by atoms with Crippen LogP contribution in [0.3, 0.4) is 0 Å². The molecule has 0 amide bonds. The Kier molecular flexibility index (Phi) is 4.28. The Bertz CT molecular complexity index is 367. The molecule has 1 rings (SSSR count). The predicted molar refractivity (Wildman–Crippen MR) is 69.0 cm³/mol. The quantitative estimate of drug-likeness (QED) is 0.744. The van der Waals surface area contributed by atoms with Crippen molar-refractivity contribution < 1.29 is 4.79 Å². The van der Waals surface area contributed by atoms with Gasteiger partial charge in [-0.05, 0) is 62.3 Å². The minimum atomic E-state index is 0.280. The van der Waals surface area contributed by atoms with Gasteiger partial charge in [0.15, 0.2) is 0 Å². The summed E-state index contributed by atoms with van der Waals surface area (Å²) in [7, 11) is 0. The first-order chi connectivity index (χ1) is 7.45. The Labute approximate surface area is 98.9 Å². The number of hydrogen-bond donors (Lipinski definition) is 0. The number of carbonyl (C=O) groups is 1. The lowest BCUT2D eigenvalue weighted by molar-refractivity contribution is -0.117. The minimum Gasteiger partial charge on any atom is -0.300 e. The Hall–Kier alpha value is -1.11. The van der Waals surface area contributed by atoms with Gasteiger partial charge < -0.3 is 4.79 Å². The molecular formula is C15H22O. The monoisotopic (exact) mass is 218 g/mol. The van der Waals surface area contributed by atoms with Crippen LogP contribution in [0.1, 0.15) is 54.9 Å². The van der Waals surface area contributed by atoms with E-state index in [1.165, 1.54) is 22.3 Å². The van der Waals surface area contributed by atoms with Crippen LogP contribution in [0.25, 0.3) is 0 Å². The second-order valence-electron chi connectivity index (χ2n) is 4.79. The van der Waals surface area contributed by atoms with Gasteiger partial charge in [0, 0.05) is 6.42 Å². The number of ketones is 1. The van der Waals surface area contributed by atoms with Crippen LogP contribution in [0.5, 0.6) is 0 Å². The van der Waals surface area contributed by atoms with E-state index >= 15 is 0 Å². The third-order valence-electron chi connectivity index (χ3n) is 3.45. The molecule has 0 bridgehead atoms. The van der Waals surface area contributed by atoms with Gasteiger partial charge in [0.05, 0.1) is 0 Å². The highest BCUT2D eigenvalue weighted by molar-refractivity contribution is 5.76. The van der Waals surface area contributed by atoms with Gasteiger partial charge in [-0.3, -0.25) is 0 Å². The molecule has 16 heavy (non-hydrogen) atoms. The topological polar surface area (TPSA) is 17.1 Å². The molecule has 0 aliphatic heterocycles. The number of Topliss-reactive ketones (excluding diaryl/α,β-unsaturated/α-hetero) is 1. The molecule has 0 N–H and O–H groups in total. The normalized spacial score (nSPS) is 12.6. The second kappa shape index (κ2) is 5.29. The van der Waals surface area contributed by atoms with Gasteiger partial charge in [-0.15, -0.1) is 0 Å². The van der Waals surface area contributed by atoms with Crippen molar-refractivity contribution in [2.75, 3.05) is 0 Å². The molecule has 0 aliphatic carbocycles. The van der Waals surface area contributed by atoms with Crippen LogP contribution in [-0.4, -0.2) is 5.78 Å². The molecule has 0 radical (unpaired) electrons. The maximum absolute atomic E-state index is 11.2. The van der Waals surface area contributed by atoms with Gasteiger partial charge >= 0.3 is 0 Å². The van der Waals surface area contributed by atoms with E-state index in [1.807, 2.05) is 0 Å². The Morgan fingerprint density at radius 2 is 1.69 bits per heavy atom. The van der Waals surface area contributed by atoms with Gasteiger partial charge in [0.1, 0.15) is 5.78 Å². The average molecular weight is 218 g/mol. The summed E-state index contributed by atoms with van der Waals surface area (Å²) in [5.41, 5.74) is 5.34. The maximum atomic E-state index is 11.2. The lowest BCUT2D eigenvalue weighted by Gasteiger charge is -2.17. The van der Waals surface area contributed by atoms with Crippen LogP contribution < -0.4 is 0 Å². The van der Waals surface area contributed by atoms with Gasteiger partial charge in [-0.2, -0.15) is 0 Å². The number of aryl methyl sites for hydroxylation is 2. The zero-order valence-corrected chi connectivity index (χ0v) is 11.1. The highest BCUT2D eigenvalue weighted by Crippen LogP contribution is 2.27. The Balaban J connectivity index is 3.06. The molecule has 0 aliphatic rings. The third-order valence-corrected chi connectivity index (χ3v) is 3.45. The lowest BCUT2D eigenvalue weighted by atomic mass is 9.88. The van der Waals surface area contributed by atoms with E-state index < -0.39 is 0 Å². The fourth-order valence-corrected chi connectivity index (χ4v) is 2.15. The molecule has 0 saturated carbocycles. The molecule has 1 unspecified atom stereocenters. The first kappa shape index (κ1) is 13.0. The second-order valence-corrected chi connectivity index (χ2v) is 4.79. The van der Waals surface area contributed by atoms with Crippen molar-refractivity contribution in [1.29, 1.82) is 0 Å². The first-order valence-electron chi connectivity index (χ1n) is 6.02. The molecule has 1 aromatic carbocycles. The Morgan fingerprint density at radius 3 is 2.06 bits per heavy atom. The molecule has 0 saturated heterocycles. The van der Waals surface area contributed by atoms with E-state index in [-0.39, 0.29) is 5.78 Å². The zero-order valence-electron chi connectivity index (χ0n) is 11.1. The summed E-state index contributed by atoms with van der Waals surface area (Å²) in [5, 5.41) is 0. The van der Waals surface area contributed by atoms with Crippen LogP contribution in [0.2, 0.25) is 0 Å². The highest BCUT2D eigenvalue weighted by Gasteiger charge is 2.13. The molecule has 1 atom stereocenters. The van der Waals surface area contributed by atoms with Crippen LogP contribution in [0.15, 0.2) is 12.1 Å². The molecule has 0 aromatic heterocycles. The number of hydrogen-bond acceptors (Lipinski definition) is 1. The average Bonchev–Trinajstić information content (AvgIpc) is 2.21. The summed E-state index contributed by atoms with van der Waals surface area (Å²) in [4.78, 5) is 11.2. The van der Waals surface area contributed by atoms with Crippen molar-refractivity contribution in [3.63, 3.8) is 0 Å². The first-order valence-corrected chi connectivity index (χ1v) is 6.02. The SMILES string of the molecule is CCC(CC(C)=O)c1cc(C)c(C)c(C)c1. The van der Waals surface area contributed by atoms with E-state index in [0.717, 1.165) is 6.42 Å². The summed E-state index contributed by atoms with van der Waals surface area (Å²) in [6.07, 6.45) is 1.69. The Morgan fingerprint density at radius 1 is 1.19 bits per heavy atom. The van der Waals surface area contributed by atoms with Crippen LogP contribution >= 0.6 is 0 Å². The van der Waals surface area contributed by atoms with Crippen molar-refractivity contribution in [2.24, 2.45) is 0 Å². The van der Waals surface area contributed by atoms with Gasteiger partial charge in [0.25, 0.3) is 0 Å². The summed E-state index contributed by atoms with van der Waals surface area (Å²) < 4.78 is 0. The molecule has 0 heterocycles. The molecular weight excluding hydrogens is 196 g/mol. The summed E-state index contributed by atoms with van der Waals surface area (Å²) in [6, 6.07) is 4.47. The molecule has 0 spiro atoms. The lowest BCUT2D eigenvalue weighted by Crippen LogP contribution is -2.04. The van der Waals surface area contributed by atoms with E-state index in [0.29, 0.717) is 12.3 Å². The summed E-state index contributed by atoms with van der Waals surface area (Å²) in [5.74, 6) is 0.665. The molecule has 1 nitrogen and oxygen atoms in total. The van der Waals surface area contributed by atoms with Crippen LogP contribution in [-0.2, 0) is 4.79 Å². The van der Waals surface area contributed by atoms with Gasteiger partial charge in [-0.1, -0.05) is 19.1 Å². The highest BCUT2D eigenvalue weighted by atomic mass is 16.1. The minimum absolute atomic E-state index is 0.280. The predicted octanol–water partition coefficient (Wildman–Crippen LogP) is 4.08. The summed E-state index contributed by atoms with van der Waals surface area (Å²) in [6.45, 7) is 10.3. The van der Waals surface area contributed by atoms with Crippen molar-refractivity contribution in [1.82, 2.24) is 0 Å². The molecule has 0 fully saturated rings. The van der Waals surface area contributed by atoms with E-state index in [9.17, 15) is 4.79 Å².